The van der Waals surface area contributed by atoms with Crippen LogP contribution in [0.25, 0.3) is 0 Å². The molecule has 0 saturated heterocycles. The topological polar surface area (TPSA) is 17.1 Å². The molecular formula is C10H19ClO. The SMILES string of the molecule is CC(=O)CCCCCCCCCl. The van der Waals surface area contributed by atoms with Crippen LogP contribution in [-0.2, 0) is 4.79 Å². The minimum absolute atomic E-state index is 0.316. The lowest BCUT2D eigenvalue weighted by Crippen LogP contribution is -1.89. The zero-order valence-electron chi connectivity index (χ0n) is 7.94. The lowest BCUT2D eigenvalue weighted by atomic mass is 10.1. The number of unbranched alkanes of at least 4 members (excludes halogenated alkanes) is 5. The molecule has 0 N–H and O–H groups in total. The minimum atomic E-state index is 0.316. The predicted molar refractivity (Wildman–Crippen MR) is 53.7 cm³/mol. The molecule has 1 nitrogen and oxygen atoms in total. The van der Waals surface area contributed by atoms with Gasteiger partial charge in [-0.15, -0.1) is 11.6 Å². The van der Waals surface area contributed by atoms with E-state index < -0.39 is 0 Å². The van der Waals surface area contributed by atoms with Gasteiger partial charge in [0, 0.05) is 12.3 Å². The first-order valence-corrected chi connectivity index (χ1v) is 5.36. The molecule has 0 fully saturated rings. The van der Waals surface area contributed by atoms with E-state index in [1.807, 2.05) is 0 Å². The van der Waals surface area contributed by atoms with Crippen molar-refractivity contribution in [3.05, 3.63) is 0 Å². The number of rotatable bonds is 8. The molecule has 12 heavy (non-hydrogen) atoms. The van der Waals surface area contributed by atoms with E-state index in [-0.39, 0.29) is 0 Å². The van der Waals surface area contributed by atoms with Crippen molar-refractivity contribution in [3.8, 4) is 0 Å². The zero-order valence-corrected chi connectivity index (χ0v) is 8.70. The first kappa shape index (κ1) is 12.0. The van der Waals surface area contributed by atoms with Gasteiger partial charge in [0.25, 0.3) is 0 Å². The third-order valence-electron chi connectivity index (χ3n) is 1.91. The Morgan fingerprint density at radius 1 is 1.00 bits per heavy atom. The van der Waals surface area contributed by atoms with Gasteiger partial charge in [-0.25, -0.2) is 0 Å². The smallest absolute Gasteiger partial charge is 0.129 e. The number of Topliss-reactive ketones (excluding diaryl/α,β-unsaturated/α-hetero) is 1. The monoisotopic (exact) mass is 190 g/mol. The van der Waals surface area contributed by atoms with Crippen molar-refractivity contribution in [1.29, 1.82) is 0 Å². The highest BCUT2D eigenvalue weighted by Gasteiger charge is 1.93. The number of ketones is 1. The molecule has 0 heterocycles. The van der Waals surface area contributed by atoms with E-state index in [1.165, 1.54) is 25.7 Å². The fourth-order valence-electron chi connectivity index (χ4n) is 1.18. The minimum Gasteiger partial charge on any atom is -0.300 e. The van der Waals surface area contributed by atoms with Crippen molar-refractivity contribution in [2.75, 3.05) is 5.88 Å². The molecule has 0 bridgehead atoms. The molecule has 0 rings (SSSR count). The van der Waals surface area contributed by atoms with Gasteiger partial charge in [-0.1, -0.05) is 25.7 Å². The molecule has 0 aliphatic heterocycles. The zero-order chi connectivity index (χ0) is 9.23. The Bertz CT molecular complexity index is 112. The van der Waals surface area contributed by atoms with Gasteiger partial charge in [0.2, 0.25) is 0 Å². The maximum atomic E-state index is 10.6. The summed E-state index contributed by atoms with van der Waals surface area (Å²) in [5, 5.41) is 0. The molecule has 0 aromatic rings. The van der Waals surface area contributed by atoms with Crippen molar-refractivity contribution in [3.63, 3.8) is 0 Å². The van der Waals surface area contributed by atoms with Crippen LogP contribution in [0.15, 0.2) is 0 Å². The summed E-state index contributed by atoms with van der Waals surface area (Å²) in [6.07, 6.45) is 7.92. The van der Waals surface area contributed by atoms with Crippen molar-refractivity contribution >= 4 is 17.4 Å². The van der Waals surface area contributed by atoms with Crippen LogP contribution in [-0.4, -0.2) is 11.7 Å². The number of alkyl halides is 1. The average Bonchev–Trinajstić information content (AvgIpc) is 2.02. The summed E-state index contributed by atoms with van der Waals surface area (Å²) >= 11 is 5.54. The number of halogens is 1. The first-order valence-electron chi connectivity index (χ1n) is 4.82. The Balaban J connectivity index is 2.86. The second-order valence-electron chi connectivity index (χ2n) is 3.26. The van der Waals surface area contributed by atoms with Crippen molar-refractivity contribution in [2.45, 2.75) is 51.9 Å². The maximum Gasteiger partial charge on any atom is 0.129 e. The molecule has 0 aromatic heterocycles. The van der Waals surface area contributed by atoms with Gasteiger partial charge in [-0.05, 0) is 19.8 Å². The summed E-state index contributed by atoms with van der Waals surface area (Å²) in [6.45, 7) is 1.66. The Kier molecular flexibility index (Phi) is 9.02. The van der Waals surface area contributed by atoms with E-state index in [0.29, 0.717) is 5.78 Å². The molecule has 0 atom stereocenters. The van der Waals surface area contributed by atoms with E-state index in [1.54, 1.807) is 6.92 Å². The molecule has 0 radical (unpaired) electrons. The number of hydrogen-bond donors (Lipinski definition) is 0. The molecule has 0 saturated carbocycles. The van der Waals surface area contributed by atoms with Crippen molar-refractivity contribution in [1.82, 2.24) is 0 Å². The summed E-state index contributed by atoms with van der Waals surface area (Å²) in [5.74, 6) is 1.10. The second-order valence-corrected chi connectivity index (χ2v) is 3.64. The summed E-state index contributed by atoms with van der Waals surface area (Å²) in [6, 6.07) is 0. The molecule has 2 heteroatoms. The number of carbonyl (C=O) groups excluding carboxylic acids is 1. The highest BCUT2D eigenvalue weighted by molar-refractivity contribution is 6.17. The van der Waals surface area contributed by atoms with Crippen LogP contribution in [0, 0.1) is 0 Å². The van der Waals surface area contributed by atoms with Gasteiger partial charge < -0.3 is 4.79 Å². The first-order chi connectivity index (χ1) is 5.77. The summed E-state index contributed by atoms with van der Waals surface area (Å²) in [5.41, 5.74) is 0. The molecular weight excluding hydrogens is 172 g/mol. The highest BCUT2D eigenvalue weighted by Crippen LogP contribution is 2.07. The third-order valence-corrected chi connectivity index (χ3v) is 2.18. The standard InChI is InChI=1S/C10H19ClO/c1-10(12)8-6-4-2-3-5-7-9-11/h2-9H2,1H3. The van der Waals surface area contributed by atoms with E-state index in [0.717, 1.165) is 25.1 Å². The molecule has 0 amide bonds. The van der Waals surface area contributed by atoms with Gasteiger partial charge in [0.15, 0.2) is 0 Å². The van der Waals surface area contributed by atoms with E-state index in [4.69, 9.17) is 11.6 Å². The maximum absolute atomic E-state index is 10.6. The Hall–Kier alpha value is -0.0400. The lowest BCUT2D eigenvalue weighted by Gasteiger charge is -1.98. The quantitative estimate of drug-likeness (QED) is 0.423. The van der Waals surface area contributed by atoms with Crippen LogP contribution in [0.1, 0.15) is 51.9 Å². The van der Waals surface area contributed by atoms with E-state index in [9.17, 15) is 4.79 Å². The average molecular weight is 191 g/mol. The fraction of sp³-hybridized carbons (Fsp3) is 0.900. The van der Waals surface area contributed by atoms with Crippen LogP contribution in [0.3, 0.4) is 0 Å². The summed E-state index contributed by atoms with van der Waals surface area (Å²) in [4.78, 5) is 10.6. The largest absolute Gasteiger partial charge is 0.300 e. The molecule has 72 valence electrons. The van der Waals surface area contributed by atoms with E-state index >= 15 is 0 Å². The Labute approximate surface area is 80.5 Å². The summed E-state index contributed by atoms with van der Waals surface area (Å²) < 4.78 is 0. The highest BCUT2D eigenvalue weighted by atomic mass is 35.5. The third kappa shape index (κ3) is 9.96. The number of carbonyl (C=O) groups is 1. The van der Waals surface area contributed by atoms with Crippen LogP contribution in [0.5, 0.6) is 0 Å². The van der Waals surface area contributed by atoms with Crippen LogP contribution < -0.4 is 0 Å². The molecule has 0 aliphatic carbocycles. The molecule has 0 aromatic carbocycles. The van der Waals surface area contributed by atoms with Crippen LogP contribution in [0.2, 0.25) is 0 Å². The lowest BCUT2D eigenvalue weighted by molar-refractivity contribution is -0.117. The second kappa shape index (κ2) is 9.05. The normalized spacial score (nSPS) is 10.2. The van der Waals surface area contributed by atoms with Crippen molar-refractivity contribution in [2.24, 2.45) is 0 Å². The van der Waals surface area contributed by atoms with Gasteiger partial charge in [-0.2, -0.15) is 0 Å². The molecule has 0 unspecified atom stereocenters. The van der Waals surface area contributed by atoms with Crippen molar-refractivity contribution < 1.29 is 4.79 Å². The van der Waals surface area contributed by atoms with Gasteiger partial charge >= 0.3 is 0 Å². The van der Waals surface area contributed by atoms with Crippen LogP contribution >= 0.6 is 11.6 Å². The van der Waals surface area contributed by atoms with Gasteiger partial charge in [-0.3, -0.25) is 0 Å². The molecule has 0 aliphatic rings. The van der Waals surface area contributed by atoms with Gasteiger partial charge in [0.1, 0.15) is 5.78 Å². The number of hydrogen-bond acceptors (Lipinski definition) is 1. The Morgan fingerprint density at radius 3 is 2.00 bits per heavy atom. The predicted octanol–water partition coefficient (Wildman–Crippen LogP) is 3.54. The molecule has 0 spiro atoms. The van der Waals surface area contributed by atoms with Crippen LogP contribution in [0.4, 0.5) is 0 Å². The van der Waals surface area contributed by atoms with E-state index in [2.05, 4.69) is 0 Å². The fourth-order valence-corrected chi connectivity index (χ4v) is 1.36. The summed E-state index contributed by atoms with van der Waals surface area (Å²) in [7, 11) is 0. The van der Waals surface area contributed by atoms with Gasteiger partial charge in [0.05, 0.1) is 0 Å². The Morgan fingerprint density at radius 2 is 1.50 bits per heavy atom.